The van der Waals surface area contributed by atoms with Gasteiger partial charge in [0.25, 0.3) is 5.91 Å². The lowest BCUT2D eigenvalue weighted by Gasteiger charge is -2.11. The highest BCUT2D eigenvalue weighted by Crippen LogP contribution is 2.34. The van der Waals surface area contributed by atoms with E-state index in [1.54, 1.807) is 30.3 Å². The van der Waals surface area contributed by atoms with Crippen LogP contribution in [0.4, 0.5) is 10.1 Å². The van der Waals surface area contributed by atoms with E-state index >= 15 is 0 Å². The number of amides is 1. The van der Waals surface area contributed by atoms with Gasteiger partial charge in [0.2, 0.25) is 0 Å². The molecular formula is C28H22FI2NO6. The van der Waals surface area contributed by atoms with Gasteiger partial charge in [0.15, 0.2) is 12.4 Å². The summed E-state index contributed by atoms with van der Waals surface area (Å²) < 4.78 is 25.9. The number of ether oxygens (including phenoxy) is 1. The van der Waals surface area contributed by atoms with Gasteiger partial charge in [-0.05, 0) is 106 Å². The topological polar surface area (TPSA) is 106 Å². The van der Waals surface area contributed by atoms with Crippen LogP contribution in [-0.4, -0.2) is 29.4 Å². The minimum absolute atomic E-state index is 0.252. The van der Waals surface area contributed by atoms with E-state index in [2.05, 4.69) is 5.32 Å². The smallest absolute Gasteiger partial charge is 0.341 e. The zero-order chi connectivity index (χ0) is 27.4. The average molecular weight is 741 g/mol. The summed E-state index contributed by atoms with van der Waals surface area (Å²) >= 11 is 4.03. The molecule has 38 heavy (non-hydrogen) atoms. The average Bonchev–Trinajstić information content (AvgIpc) is 3.24. The van der Waals surface area contributed by atoms with Gasteiger partial charge >= 0.3 is 5.97 Å². The summed E-state index contributed by atoms with van der Waals surface area (Å²) in [6.07, 6.45) is 2.30. The predicted octanol–water partition coefficient (Wildman–Crippen LogP) is 7.07. The number of furan rings is 1. The molecule has 0 spiro atoms. The number of halogens is 3. The van der Waals surface area contributed by atoms with Gasteiger partial charge in [0, 0.05) is 28.6 Å². The molecule has 0 bridgehead atoms. The number of hydrogen-bond donors (Lipinski definition) is 2. The molecule has 0 radical (unpaired) electrons. The molecule has 0 atom stereocenters. The van der Waals surface area contributed by atoms with Crippen molar-refractivity contribution in [3.8, 4) is 5.75 Å². The minimum atomic E-state index is -1.09. The molecule has 1 aromatic heterocycles. The molecule has 0 saturated carbocycles. The Morgan fingerprint density at radius 2 is 1.68 bits per heavy atom. The Balaban J connectivity index is 1.72. The third-order valence-corrected chi connectivity index (χ3v) is 7.31. The molecule has 3 aromatic carbocycles. The standard InChI is InChI=1S/C28H22FI2NO6/c1-2-3-4-23-25(26(35)16-11-20(30)27(21(31)12-16)37-14-24(33)34)19-13-18(9-10-22(19)38-23)32-28(36)15-5-7-17(29)8-6-15/h5-13H,2-4,14H2,1H3,(H,32,36)(H,33,34). The van der Waals surface area contributed by atoms with Crippen molar-refractivity contribution in [1.82, 2.24) is 0 Å². The summed E-state index contributed by atoms with van der Waals surface area (Å²) in [5.74, 6) is -1.23. The van der Waals surface area contributed by atoms with Crippen molar-refractivity contribution in [3.05, 3.63) is 90.0 Å². The molecular weight excluding hydrogens is 719 g/mol. The first kappa shape index (κ1) is 28.0. The molecule has 1 amide bonds. The van der Waals surface area contributed by atoms with Gasteiger partial charge in [0.05, 0.1) is 12.7 Å². The number of benzene rings is 3. The van der Waals surface area contributed by atoms with Crippen LogP contribution in [-0.2, 0) is 11.2 Å². The van der Waals surface area contributed by atoms with E-state index in [1.165, 1.54) is 24.3 Å². The molecule has 0 aliphatic rings. The van der Waals surface area contributed by atoms with Crippen LogP contribution in [0.1, 0.15) is 51.8 Å². The van der Waals surface area contributed by atoms with Gasteiger partial charge in [-0.1, -0.05) is 13.3 Å². The lowest BCUT2D eigenvalue weighted by Crippen LogP contribution is -2.12. The van der Waals surface area contributed by atoms with Gasteiger partial charge in [-0.2, -0.15) is 0 Å². The molecule has 2 N–H and O–H groups in total. The molecule has 4 aromatic rings. The van der Waals surface area contributed by atoms with E-state index in [-0.39, 0.29) is 5.78 Å². The Labute approximate surface area is 245 Å². The number of fused-ring (bicyclic) bond motifs is 1. The molecule has 10 heteroatoms. The maximum atomic E-state index is 13.8. The molecule has 0 saturated heterocycles. The zero-order valence-electron chi connectivity index (χ0n) is 20.1. The van der Waals surface area contributed by atoms with Gasteiger partial charge in [-0.25, -0.2) is 9.18 Å². The van der Waals surface area contributed by atoms with Crippen LogP contribution in [0.15, 0.2) is 59.0 Å². The first-order chi connectivity index (χ1) is 18.2. The third kappa shape index (κ3) is 6.34. The second-order valence-electron chi connectivity index (χ2n) is 8.46. The largest absolute Gasteiger partial charge is 0.480 e. The summed E-state index contributed by atoms with van der Waals surface area (Å²) in [5, 5.41) is 12.3. The van der Waals surface area contributed by atoms with E-state index in [4.69, 9.17) is 14.3 Å². The summed E-state index contributed by atoms with van der Waals surface area (Å²) in [4.78, 5) is 37.5. The number of aryl methyl sites for hydroxylation is 1. The van der Waals surface area contributed by atoms with Crippen LogP contribution in [0.25, 0.3) is 11.0 Å². The SMILES string of the molecule is CCCCc1oc2ccc(NC(=O)c3ccc(F)cc3)cc2c1C(=O)c1cc(I)c(OCC(=O)O)c(I)c1. The normalized spacial score (nSPS) is 10.9. The fourth-order valence-corrected chi connectivity index (χ4v) is 5.98. The lowest BCUT2D eigenvalue weighted by molar-refractivity contribution is -0.139. The highest BCUT2D eigenvalue weighted by Gasteiger charge is 2.24. The summed E-state index contributed by atoms with van der Waals surface area (Å²) in [6, 6.07) is 13.6. The van der Waals surface area contributed by atoms with Crippen LogP contribution in [0.2, 0.25) is 0 Å². The van der Waals surface area contributed by atoms with E-state index in [1.807, 2.05) is 52.1 Å². The van der Waals surface area contributed by atoms with Crippen molar-refractivity contribution >= 4 is 79.5 Å². The number of unbranched alkanes of at least 4 members (excludes halogenated alkanes) is 1. The molecule has 0 aliphatic carbocycles. The quantitative estimate of drug-likeness (QED) is 0.133. The predicted molar refractivity (Wildman–Crippen MR) is 158 cm³/mol. The van der Waals surface area contributed by atoms with E-state index in [9.17, 15) is 18.8 Å². The van der Waals surface area contributed by atoms with Crippen molar-refractivity contribution < 1.29 is 33.0 Å². The molecule has 0 unspecified atom stereocenters. The number of nitrogens with one attached hydrogen (secondary N) is 1. The maximum Gasteiger partial charge on any atom is 0.341 e. The number of carboxylic acid groups (broad SMARTS) is 1. The Kier molecular flexibility index (Phi) is 9.03. The third-order valence-electron chi connectivity index (χ3n) is 5.71. The first-order valence-corrected chi connectivity index (χ1v) is 13.8. The van der Waals surface area contributed by atoms with Gasteiger partial charge in [-0.15, -0.1) is 0 Å². The molecule has 0 fully saturated rings. The van der Waals surface area contributed by atoms with E-state index in [0.717, 1.165) is 12.8 Å². The number of anilines is 1. The first-order valence-electron chi connectivity index (χ1n) is 11.7. The molecule has 7 nitrogen and oxygen atoms in total. The second kappa shape index (κ2) is 12.2. The molecule has 196 valence electrons. The number of hydrogen-bond acceptors (Lipinski definition) is 5. The highest BCUT2D eigenvalue weighted by atomic mass is 127. The van der Waals surface area contributed by atoms with Crippen molar-refractivity contribution in [2.45, 2.75) is 26.2 Å². The minimum Gasteiger partial charge on any atom is -0.480 e. The molecule has 0 aliphatic heterocycles. The number of ketones is 1. The zero-order valence-corrected chi connectivity index (χ0v) is 24.5. The van der Waals surface area contributed by atoms with Crippen molar-refractivity contribution in [2.24, 2.45) is 0 Å². The van der Waals surface area contributed by atoms with Gasteiger partial charge in [-0.3, -0.25) is 9.59 Å². The van der Waals surface area contributed by atoms with Crippen LogP contribution in [0, 0.1) is 13.0 Å². The van der Waals surface area contributed by atoms with Crippen LogP contribution >= 0.6 is 45.2 Å². The van der Waals surface area contributed by atoms with E-state index in [0.29, 0.717) is 58.4 Å². The Bertz CT molecular complexity index is 1510. The number of carboxylic acids is 1. The van der Waals surface area contributed by atoms with Crippen LogP contribution < -0.4 is 10.1 Å². The Morgan fingerprint density at radius 3 is 2.32 bits per heavy atom. The highest BCUT2D eigenvalue weighted by molar-refractivity contribution is 14.1. The maximum absolute atomic E-state index is 13.8. The van der Waals surface area contributed by atoms with Crippen LogP contribution in [0.3, 0.4) is 0 Å². The fourth-order valence-electron chi connectivity index (χ4n) is 3.90. The summed E-state index contributed by atoms with van der Waals surface area (Å²) in [6.45, 7) is 1.56. The van der Waals surface area contributed by atoms with Crippen molar-refractivity contribution in [3.63, 3.8) is 0 Å². The lowest BCUT2D eigenvalue weighted by atomic mass is 9.98. The molecule has 1 heterocycles. The number of carbonyl (C=O) groups excluding carboxylic acids is 2. The van der Waals surface area contributed by atoms with Gasteiger partial charge in [0.1, 0.15) is 22.9 Å². The fraction of sp³-hybridized carbons (Fsp3) is 0.179. The summed E-state index contributed by atoms with van der Waals surface area (Å²) in [7, 11) is 0. The Hall–Kier alpha value is -3.00. The number of carbonyl (C=O) groups is 3. The Morgan fingerprint density at radius 1 is 1.00 bits per heavy atom. The van der Waals surface area contributed by atoms with Gasteiger partial charge < -0.3 is 19.6 Å². The second-order valence-corrected chi connectivity index (χ2v) is 10.8. The number of rotatable bonds is 10. The van der Waals surface area contributed by atoms with E-state index < -0.39 is 24.3 Å². The summed E-state index contributed by atoms with van der Waals surface area (Å²) in [5.41, 5.74) is 2.10. The number of aliphatic carboxylic acids is 1. The van der Waals surface area contributed by atoms with Crippen molar-refractivity contribution in [2.75, 3.05) is 11.9 Å². The van der Waals surface area contributed by atoms with Crippen LogP contribution in [0.5, 0.6) is 5.75 Å². The monoisotopic (exact) mass is 741 g/mol. The van der Waals surface area contributed by atoms with Crippen molar-refractivity contribution in [1.29, 1.82) is 0 Å². The molecule has 4 rings (SSSR count).